The summed E-state index contributed by atoms with van der Waals surface area (Å²) in [5.41, 5.74) is 3.43. The Morgan fingerprint density at radius 1 is 1.21 bits per heavy atom. The van der Waals surface area contributed by atoms with Gasteiger partial charge in [-0.3, -0.25) is 4.68 Å². The zero-order valence-electron chi connectivity index (χ0n) is 14.5. The van der Waals surface area contributed by atoms with Gasteiger partial charge in [-0.15, -0.1) is 5.10 Å². The van der Waals surface area contributed by atoms with Gasteiger partial charge in [-0.2, -0.15) is 10.2 Å². The summed E-state index contributed by atoms with van der Waals surface area (Å²) >= 11 is 0. The summed E-state index contributed by atoms with van der Waals surface area (Å²) in [7, 11) is 0. The van der Waals surface area contributed by atoms with E-state index in [1.165, 1.54) is 24.1 Å². The van der Waals surface area contributed by atoms with Crippen molar-refractivity contribution in [2.75, 3.05) is 24.7 Å². The molecule has 0 amide bonds. The molecule has 0 saturated heterocycles. The highest BCUT2D eigenvalue weighted by atomic mass is 16.5. The Kier molecular flexibility index (Phi) is 4.22. The lowest BCUT2D eigenvalue weighted by Gasteiger charge is -2.32. The summed E-state index contributed by atoms with van der Waals surface area (Å²) in [6.07, 6.45) is 4.81. The molecule has 0 radical (unpaired) electrons. The van der Waals surface area contributed by atoms with Crippen LogP contribution >= 0.6 is 0 Å². The topological polar surface area (TPSA) is 56.1 Å². The van der Waals surface area contributed by atoms with E-state index in [2.05, 4.69) is 34.3 Å². The number of ether oxygens (including phenoxy) is 1. The van der Waals surface area contributed by atoms with Gasteiger partial charge in [-0.25, -0.2) is 0 Å². The number of anilines is 1. The van der Waals surface area contributed by atoms with Crippen molar-refractivity contribution in [2.24, 2.45) is 5.92 Å². The molecule has 2 aromatic rings. The van der Waals surface area contributed by atoms with Gasteiger partial charge in [-0.05, 0) is 44.7 Å². The van der Waals surface area contributed by atoms with E-state index < -0.39 is 0 Å². The Morgan fingerprint density at radius 2 is 2.08 bits per heavy atom. The molecule has 0 N–H and O–H groups in total. The molecule has 0 bridgehead atoms. The zero-order valence-corrected chi connectivity index (χ0v) is 14.5. The van der Waals surface area contributed by atoms with Gasteiger partial charge >= 0.3 is 0 Å². The van der Waals surface area contributed by atoms with Gasteiger partial charge in [0, 0.05) is 43.9 Å². The van der Waals surface area contributed by atoms with Crippen LogP contribution in [0.2, 0.25) is 0 Å². The fourth-order valence-electron chi connectivity index (χ4n) is 3.26. The van der Waals surface area contributed by atoms with Gasteiger partial charge in [0.2, 0.25) is 0 Å². The highest BCUT2D eigenvalue weighted by molar-refractivity contribution is 5.43. The molecular formula is C18H25N5O. The van der Waals surface area contributed by atoms with Gasteiger partial charge < -0.3 is 9.64 Å². The number of aryl methyl sites for hydroxylation is 2. The first-order chi connectivity index (χ1) is 11.7. The minimum absolute atomic E-state index is 0.295. The van der Waals surface area contributed by atoms with Crippen molar-refractivity contribution in [1.82, 2.24) is 20.0 Å². The van der Waals surface area contributed by atoms with Crippen molar-refractivity contribution in [1.29, 1.82) is 0 Å². The molecule has 0 spiro atoms. The van der Waals surface area contributed by atoms with Crippen LogP contribution in [0.1, 0.15) is 42.6 Å². The molecule has 6 nitrogen and oxygen atoms in total. The Labute approximate surface area is 142 Å². The second-order valence-corrected chi connectivity index (χ2v) is 6.99. The predicted octanol–water partition coefficient (Wildman–Crippen LogP) is 2.53. The molecule has 128 valence electrons. The van der Waals surface area contributed by atoms with Gasteiger partial charge in [0.25, 0.3) is 0 Å². The van der Waals surface area contributed by atoms with Crippen LogP contribution in [-0.4, -0.2) is 39.7 Å². The molecule has 0 unspecified atom stereocenters. The van der Waals surface area contributed by atoms with Crippen molar-refractivity contribution in [3.05, 3.63) is 35.3 Å². The molecule has 1 fully saturated rings. The second kappa shape index (κ2) is 6.51. The lowest BCUT2D eigenvalue weighted by Crippen LogP contribution is -2.36. The fraction of sp³-hybridized carbons (Fsp3) is 0.611. The highest BCUT2D eigenvalue weighted by Gasteiger charge is 2.30. The third-order valence-electron chi connectivity index (χ3n) is 4.86. The number of hydrogen-bond donors (Lipinski definition) is 0. The van der Waals surface area contributed by atoms with Crippen LogP contribution in [0.25, 0.3) is 0 Å². The lowest BCUT2D eigenvalue weighted by molar-refractivity contribution is 0.109. The molecule has 2 aliphatic rings. The standard InChI is InChI=1S/C18H25N5O/c1-3-23-10-15-8-22(17-7-4-13(2)19-20-17)9-16(18(15)21-23)12-24-11-14-5-6-14/h4,7,10,14,16H,3,5-6,8-9,11-12H2,1-2H3/t16-/m0/s1. The Morgan fingerprint density at radius 3 is 2.79 bits per heavy atom. The van der Waals surface area contributed by atoms with Crippen molar-refractivity contribution in [3.8, 4) is 0 Å². The number of hydrogen-bond acceptors (Lipinski definition) is 5. The molecule has 1 atom stereocenters. The molecule has 1 aliphatic heterocycles. The van der Waals surface area contributed by atoms with Crippen LogP contribution in [-0.2, 0) is 17.8 Å². The van der Waals surface area contributed by atoms with E-state index in [0.717, 1.165) is 50.3 Å². The van der Waals surface area contributed by atoms with Gasteiger partial charge in [0.1, 0.15) is 0 Å². The van der Waals surface area contributed by atoms with Gasteiger partial charge in [-0.1, -0.05) is 0 Å². The van der Waals surface area contributed by atoms with Gasteiger partial charge in [0.15, 0.2) is 5.82 Å². The van der Waals surface area contributed by atoms with E-state index in [9.17, 15) is 0 Å². The zero-order chi connectivity index (χ0) is 16.5. The summed E-state index contributed by atoms with van der Waals surface area (Å²) in [6, 6.07) is 4.08. The lowest BCUT2D eigenvalue weighted by atomic mass is 9.97. The summed E-state index contributed by atoms with van der Waals surface area (Å²) < 4.78 is 8.02. The van der Waals surface area contributed by atoms with Gasteiger partial charge in [0.05, 0.1) is 18.0 Å². The quantitative estimate of drug-likeness (QED) is 0.816. The van der Waals surface area contributed by atoms with Crippen LogP contribution in [0, 0.1) is 12.8 Å². The summed E-state index contributed by atoms with van der Waals surface area (Å²) in [4.78, 5) is 2.29. The summed E-state index contributed by atoms with van der Waals surface area (Å²) in [5, 5.41) is 13.3. The van der Waals surface area contributed by atoms with E-state index in [1.54, 1.807) is 0 Å². The SMILES string of the molecule is CCn1cc2c(n1)[C@H](COCC1CC1)CN(c1ccc(C)nn1)C2. The number of rotatable bonds is 6. The molecule has 1 saturated carbocycles. The van der Waals surface area contributed by atoms with E-state index in [1.807, 2.05) is 17.7 Å². The smallest absolute Gasteiger partial charge is 0.151 e. The molecule has 3 heterocycles. The number of fused-ring (bicyclic) bond motifs is 1. The summed E-state index contributed by atoms with van der Waals surface area (Å²) in [5.74, 6) is 2.02. The van der Waals surface area contributed by atoms with Crippen molar-refractivity contribution in [3.63, 3.8) is 0 Å². The first-order valence-electron chi connectivity index (χ1n) is 8.92. The Balaban J connectivity index is 1.54. The minimum Gasteiger partial charge on any atom is -0.380 e. The monoisotopic (exact) mass is 327 g/mol. The van der Waals surface area contributed by atoms with Crippen molar-refractivity contribution in [2.45, 2.75) is 45.7 Å². The fourth-order valence-corrected chi connectivity index (χ4v) is 3.26. The van der Waals surface area contributed by atoms with E-state index in [-0.39, 0.29) is 0 Å². The third kappa shape index (κ3) is 3.29. The van der Waals surface area contributed by atoms with Crippen LogP contribution in [0.4, 0.5) is 5.82 Å². The Hall–Kier alpha value is -1.95. The third-order valence-corrected chi connectivity index (χ3v) is 4.86. The molecule has 6 heteroatoms. The van der Waals surface area contributed by atoms with Crippen molar-refractivity contribution < 1.29 is 4.74 Å². The maximum atomic E-state index is 5.99. The molecule has 2 aromatic heterocycles. The maximum Gasteiger partial charge on any atom is 0.151 e. The normalized spacial score (nSPS) is 20.2. The average molecular weight is 327 g/mol. The van der Waals surface area contributed by atoms with E-state index in [0.29, 0.717) is 5.92 Å². The molecule has 4 rings (SSSR count). The Bertz CT molecular complexity index is 692. The second-order valence-electron chi connectivity index (χ2n) is 6.99. The minimum atomic E-state index is 0.295. The first-order valence-corrected chi connectivity index (χ1v) is 8.92. The average Bonchev–Trinajstić information content (AvgIpc) is 3.31. The molecular weight excluding hydrogens is 302 g/mol. The molecule has 24 heavy (non-hydrogen) atoms. The van der Waals surface area contributed by atoms with Crippen LogP contribution in [0.3, 0.4) is 0 Å². The van der Waals surface area contributed by atoms with Crippen LogP contribution in [0.5, 0.6) is 0 Å². The molecule has 0 aromatic carbocycles. The highest BCUT2D eigenvalue weighted by Crippen LogP contribution is 2.32. The van der Waals surface area contributed by atoms with E-state index >= 15 is 0 Å². The molecule has 1 aliphatic carbocycles. The maximum absolute atomic E-state index is 5.99. The first kappa shape index (κ1) is 15.6. The van der Waals surface area contributed by atoms with Crippen LogP contribution in [0.15, 0.2) is 18.3 Å². The van der Waals surface area contributed by atoms with E-state index in [4.69, 9.17) is 9.84 Å². The largest absolute Gasteiger partial charge is 0.380 e. The predicted molar refractivity (Wildman–Crippen MR) is 92.0 cm³/mol. The van der Waals surface area contributed by atoms with Crippen LogP contribution < -0.4 is 4.90 Å². The number of aromatic nitrogens is 4. The summed E-state index contributed by atoms with van der Waals surface area (Å²) in [6.45, 7) is 8.34. The van der Waals surface area contributed by atoms with Crippen molar-refractivity contribution >= 4 is 5.82 Å². The number of nitrogens with zero attached hydrogens (tertiary/aromatic N) is 5.